The van der Waals surface area contributed by atoms with Crippen LogP contribution in [-0.4, -0.2) is 55.3 Å². The van der Waals surface area contributed by atoms with Crippen LogP contribution in [0.3, 0.4) is 0 Å². The predicted molar refractivity (Wildman–Crippen MR) is 131 cm³/mol. The predicted octanol–water partition coefficient (Wildman–Crippen LogP) is 4.20. The minimum atomic E-state index is 0. The maximum atomic E-state index is 6.20. The van der Waals surface area contributed by atoms with Crippen LogP contribution in [0, 0.1) is 20.8 Å². The number of aliphatic imine (C=N–C) groups is 1. The van der Waals surface area contributed by atoms with Crippen molar-refractivity contribution in [3.63, 3.8) is 0 Å². The lowest BCUT2D eigenvalue weighted by molar-refractivity contribution is 0.372. The first-order valence-corrected chi connectivity index (χ1v) is 10.3. The summed E-state index contributed by atoms with van der Waals surface area (Å²) in [5.41, 5.74) is 4.62. The third-order valence-corrected chi connectivity index (χ3v) is 5.47. The topological polar surface area (TPSA) is 56.9 Å². The Labute approximate surface area is 195 Å². The highest BCUT2D eigenvalue weighted by atomic mass is 127. The first-order chi connectivity index (χ1) is 13.5. The van der Waals surface area contributed by atoms with Gasteiger partial charge in [-0.1, -0.05) is 22.8 Å². The Bertz CT molecular complexity index is 811. The molecule has 1 fully saturated rings. The number of hydrogen-bond donors (Lipinski definition) is 1. The highest BCUT2D eigenvalue weighted by molar-refractivity contribution is 14.0. The van der Waals surface area contributed by atoms with Crippen molar-refractivity contribution in [2.24, 2.45) is 4.99 Å². The van der Waals surface area contributed by atoms with Crippen LogP contribution in [0.15, 0.2) is 27.7 Å². The normalized spacial score (nSPS) is 14.7. The highest BCUT2D eigenvalue weighted by Gasteiger charge is 2.21. The number of aromatic nitrogens is 1. The lowest BCUT2D eigenvalue weighted by Gasteiger charge is -2.38. The van der Waals surface area contributed by atoms with E-state index >= 15 is 0 Å². The van der Waals surface area contributed by atoms with Crippen molar-refractivity contribution in [1.29, 1.82) is 0 Å². The number of aryl methyl sites for hydroxylation is 3. The molecule has 6 nitrogen and oxygen atoms in total. The zero-order valence-corrected chi connectivity index (χ0v) is 20.8. The molecule has 0 saturated carbocycles. The monoisotopic (exact) mass is 531 g/mol. The summed E-state index contributed by atoms with van der Waals surface area (Å²) < 4.78 is 5.25. The molecule has 29 heavy (non-hydrogen) atoms. The number of hydrogen-bond acceptors (Lipinski definition) is 4. The average molecular weight is 532 g/mol. The van der Waals surface area contributed by atoms with Gasteiger partial charge in [0.05, 0.1) is 5.69 Å². The molecule has 1 aromatic heterocycles. The van der Waals surface area contributed by atoms with E-state index < -0.39 is 0 Å². The number of nitrogens with one attached hydrogen (secondary N) is 1. The van der Waals surface area contributed by atoms with Crippen molar-refractivity contribution < 1.29 is 4.52 Å². The smallest absolute Gasteiger partial charge is 0.194 e. The van der Waals surface area contributed by atoms with Crippen LogP contribution >= 0.6 is 35.6 Å². The summed E-state index contributed by atoms with van der Waals surface area (Å²) in [5, 5.41) is 8.25. The van der Waals surface area contributed by atoms with Crippen molar-refractivity contribution in [3.8, 4) is 0 Å². The molecule has 0 radical (unpaired) electrons. The van der Waals surface area contributed by atoms with E-state index in [2.05, 4.69) is 46.3 Å². The number of piperazine rings is 1. The number of benzene rings is 1. The van der Waals surface area contributed by atoms with E-state index in [9.17, 15) is 0 Å². The van der Waals surface area contributed by atoms with Gasteiger partial charge >= 0.3 is 0 Å². The van der Waals surface area contributed by atoms with Crippen LogP contribution in [-0.2, 0) is 6.42 Å². The van der Waals surface area contributed by atoms with E-state index in [1.807, 2.05) is 19.9 Å². The molecule has 0 spiro atoms. The molecule has 1 aromatic carbocycles. The van der Waals surface area contributed by atoms with Gasteiger partial charge in [-0.25, -0.2) is 0 Å². The van der Waals surface area contributed by atoms with Gasteiger partial charge in [0.25, 0.3) is 0 Å². The van der Waals surface area contributed by atoms with Gasteiger partial charge in [0.1, 0.15) is 5.76 Å². The molecule has 3 rings (SSSR count). The molecule has 0 amide bonds. The van der Waals surface area contributed by atoms with Gasteiger partial charge in [-0.2, -0.15) is 0 Å². The SMILES string of the molecule is CCNC(=NCCc1c(C)noc1C)N1CCN(c2cc(Cl)ccc2C)CC1.I. The van der Waals surface area contributed by atoms with Crippen molar-refractivity contribution >= 4 is 47.2 Å². The van der Waals surface area contributed by atoms with Crippen molar-refractivity contribution in [2.75, 3.05) is 44.2 Å². The van der Waals surface area contributed by atoms with Gasteiger partial charge < -0.3 is 19.6 Å². The van der Waals surface area contributed by atoms with Crippen LogP contribution in [0.5, 0.6) is 0 Å². The molecular formula is C21H31ClIN5O. The molecule has 1 aliphatic heterocycles. The Balaban J connectivity index is 0.00000300. The molecular weight excluding hydrogens is 501 g/mol. The van der Waals surface area contributed by atoms with Gasteiger partial charge in [-0.15, -0.1) is 24.0 Å². The first kappa shape index (κ1) is 23.8. The molecule has 0 atom stereocenters. The van der Waals surface area contributed by atoms with E-state index in [-0.39, 0.29) is 24.0 Å². The molecule has 2 heterocycles. The van der Waals surface area contributed by atoms with Crippen molar-refractivity contribution in [1.82, 2.24) is 15.4 Å². The quantitative estimate of drug-likeness (QED) is 0.356. The Morgan fingerprint density at radius 2 is 1.93 bits per heavy atom. The zero-order valence-electron chi connectivity index (χ0n) is 17.7. The van der Waals surface area contributed by atoms with Crippen LogP contribution < -0.4 is 10.2 Å². The van der Waals surface area contributed by atoms with E-state index in [1.54, 1.807) is 0 Å². The molecule has 8 heteroatoms. The summed E-state index contributed by atoms with van der Waals surface area (Å²) >= 11 is 6.20. The average Bonchev–Trinajstić information content (AvgIpc) is 3.01. The summed E-state index contributed by atoms with van der Waals surface area (Å²) in [5.74, 6) is 1.87. The fourth-order valence-electron chi connectivity index (χ4n) is 3.64. The first-order valence-electron chi connectivity index (χ1n) is 9.95. The minimum Gasteiger partial charge on any atom is -0.368 e. The van der Waals surface area contributed by atoms with Gasteiger partial charge in [0, 0.05) is 55.5 Å². The summed E-state index contributed by atoms with van der Waals surface area (Å²) in [6, 6.07) is 6.10. The molecule has 1 aliphatic rings. The third-order valence-electron chi connectivity index (χ3n) is 5.23. The Morgan fingerprint density at radius 1 is 1.21 bits per heavy atom. The van der Waals surface area contributed by atoms with Crippen LogP contribution in [0.25, 0.3) is 0 Å². The molecule has 160 valence electrons. The fourth-order valence-corrected chi connectivity index (χ4v) is 3.81. The molecule has 1 saturated heterocycles. The van der Waals surface area contributed by atoms with Crippen LogP contribution in [0.4, 0.5) is 5.69 Å². The van der Waals surface area contributed by atoms with Gasteiger partial charge in [-0.3, -0.25) is 4.99 Å². The standard InChI is InChI=1S/C21H30ClN5O.HI/c1-5-23-21(24-9-8-19-16(3)25-28-17(19)4)27-12-10-26(11-13-27)20-14-18(22)7-6-15(20)2;/h6-7,14H,5,8-13H2,1-4H3,(H,23,24);1H. The molecule has 0 aliphatic carbocycles. The number of anilines is 1. The summed E-state index contributed by atoms with van der Waals surface area (Å²) in [6.45, 7) is 13.5. The van der Waals surface area contributed by atoms with Gasteiger partial charge in [0.2, 0.25) is 0 Å². The Hall–Kier alpha value is -1.48. The number of nitrogens with zero attached hydrogens (tertiary/aromatic N) is 4. The Kier molecular flexibility index (Phi) is 9.07. The Morgan fingerprint density at radius 3 is 2.55 bits per heavy atom. The summed E-state index contributed by atoms with van der Waals surface area (Å²) in [4.78, 5) is 9.59. The second-order valence-corrected chi connectivity index (χ2v) is 7.63. The number of rotatable bonds is 5. The van der Waals surface area contributed by atoms with E-state index in [4.69, 9.17) is 21.1 Å². The van der Waals surface area contributed by atoms with E-state index in [1.165, 1.54) is 16.8 Å². The van der Waals surface area contributed by atoms with Gasteiger partial charge in [-0.05, 0) is 51.8 Å². The van der Waals surface area contributed by atoms with E-state index in [0.717, 1.165) is 68.1 Å². The zero-order chi connectivity index (χ0) is 20.1. The minimum absolute atomic E-state index is 0. The van der Waals surface area contributed by atoms with Crippen molar-refractivity contribution in [2.45, 2.75) is 34.1 Å². The van der Waals surface area contributed by atoms with Crippen molar-refractivity contribution in [3.05, 3.63) is 45.8 Å². The molecule has 1 N–H and O–H groups in total. The maximum absolute atomic E-state index is 6.20. The largest absolute Gasteiger partial charge is 0.368 e. The summed E-state index contributed by atoms with van der Waals surface area (Å²) in [6.07, 6.45) is 0.845. The second-order valence-electron chi connectivity index (χ2n) is 7.19. The third kappa shape index (κ3) is 6.01. The highest BCUT2D eigenvalue weighted by Crippen LogP contribution is 2.25. The molecule has 0 bridgehead atoms. The lowest BCUT2D eigenvalue weighted by Crippen LogP contribution is -2.52. The van der Waals surface area contributed by atoms with Crippen LogP contribution in [0.2, 0.25) is 5.02 Å². The maximum Gasteiger partial charge on any atom is 0.194 e. The second kappa shape index (κ2) is 11.1. The summed E-state index contributed by atoms with van der Waals surface area (Å²) in [7, 11) is 0. The number of guanidine groups is 1. The molecule has 0 unspecified atom stereocenters. The lowest BCUT2D eigenvalue weighted by atomic mass is 10.1. The molecule has 2 aromatic rings. The fraction of sp³-hybridized carbons (Fsp3) is 0.524. The van der Waals surface area contributed by atoms with E-state index in [0.29, 0.717) is 0 Å². The van der Waals surface area contributed by atoms with Gasteiger partial charge in [0.15, 0.2) is 5.96 Å². The number of halogens is 2. The van der Waals surface area contributed by atoms with Crippen LogP contribution in [0.1, 0.15) is 29.5 Å².